The van der Waals surface area contributed by atoms with Gasteiger partial charge in [0.05, 0.1) is 0 Å². The number of fused-ring (bicyclic) bond motifs is 3. The summed E-state index contributed by atoms with van der Waals surface area (Å²) in [5, 5.41) is 13.5. The molecule has 2 aromatic heterocycles. The minimum atomic E-state index is -0.989. The molecule has 5 rings (SSSR count). The molecule has 2 atom stereocenters. The third-order valence-electron chi connectivity index (χ3n) is 5.86. The molecule has 33 heavy (non-hydrogen) atoms. The highest BCUT2D eigenvalue weighted by Crippen LogP contribution is 2.37. The summed E-state index contributed by atoms with van der Waals surface area (Å²) in [5.74, 6) is -0.919. The Hall–Kier alpha value is -4.01. The van der Waals surface area contributed by atoms with Crippen LogP contribution in [0.4, 0.5) is 15.9 Å². The summed E-state index contributed by atoms with van der Waals surface area (Å²) in [6.45, 7) is 2.08. The average Bonchev–Trinajstić information content (AvgIpc) is 3.36. The van der Waals surface area contributed by atoms with E-state index in [1.807, 2.05) is 24.3 Å². The van der Waals surface area contributed by atoms with Gasteiger partial charge in [0.15, 0.2) is 11.4 Å². The fraction of sp³-hybridized carbons (Fsp3) is 0.250. The van der Waals surface area contributed by atoms with E-state index >= 15 is 0 Å². The predicted molar refractivity (Wildman–Crippen MR) is 121 cm³/mol. The van der Waals surface area contributed by atoms with Gasteiger partial charge in [0, 0.05) is 24.0 Å². The predicted octanol–water partition coefficient (Wildman–Crippen LogP) is 4.13. The molecule has 1 amide bonds. The van der Waals surface area contributed by atoms with Crippen LogP contribution in [0.25, 0.3) is 22.1 Å². The van der Waals surface area contributed by atoms with Gasteiger partial charge in [-0.2, -0.15) is 0 Å². The summed E-state index contributed by atoms with van der Waals surface area (Å²) >= 11 is 0. The Bertz CT molecular complexity index is 1370. The molecule has 1 fully saturated rings. The lowest BCUT2D eigenvalue weighted by molar-refractivity contribution is -0.138. The van der Waals surface area contributed by atoms with Crippen molar-refractivity contribution in [2.24, 2.45) is 5.92 Å². The molecule has 1 saturated heterocycles. The number of aliphatic carboxylic acids is 1. The molecule has 9 heteroatoms. The number of aryl methyl sites for hydroxylation is 1. The van der Waals surface area contributed by atoms with Gasteiger partial charge in [0.25, 0.3) is 0 Å². The number of hydrogen-bond acceptors (Lipinski definition) is 6. The minimum Gasteiger partial charge on any atom is -0.480 e. The van der Waals surface area contributed by atoms with Gasteiger partial charge < -0.3 is 19.7 Å². The third-order valence-corrected chi connectivity index (χ3v) is 5.86. The molecule has 2 aromatic carbocycles. The van der Waals surface area contributed by atoms with E-state index in [0.717, 1.165) is 5.39 Å². The Morgan fingerprint density at radius 2 is 1.94 bits per heavy atom. The maximum absolute atomic E-state index is 13.1. The van der Waals surface area contributed by atoms with E-state index in [4.69, 9.17) is 4.42 Å². The van der Waals surface area contributed by atoms with Gasteiger partial charge in [-0.1, -0.05) is 12.1 Å². The fourth-order valence-corrected chi connectivity index (χ4v) is 4.43. The van der Waals surface area contributed by atoms with Crippen LogP contribution in [0.3, 0.4) is 0 Å². The van der Waals surface area contributed by atoms with E-state index in [1.54, 1.807) is 11.8 Å². The Balaban J connectivity index is 1.43. The standard InChI is InChI=1S/C24H21FN4O4/c1-13-26-21-17-4-2-3-5-19(17)33-22(21)23(27-13)29-12-14(10-18(29)24(31)32)11-20(30)28-16-8-6-15(25)7-9-16/h2-9,14,18H,10-12H2,1H3,(H,28,30)(H,31,32)/t14-,18+/m1/s1. The lowest BCUT2D eigenvalue weighted by Crippen LogP contribution is -2.36. The van der Waals surface area contributed by atoms with Crippen molar-refractivity contribution < 1.29 is 23.5 Å². The quantitative estimate of drug-likeness (QED) is 0.472. The summed E-state index contributed by atoms with van der Waals surface area (Å²) in [4.78, 5) is 35.4. The molecule has 0 aliphatic carbocycles. The average molecular weight is 448 g/mol. The van der Waals surface area contributed by atoms with E-state index in [9.17, 15) is 19.1 Å². The van der Waals surface area contributed by atoms with Gasteiger partial charge in [0.2, 0.25) is 5.91 Å². The van der Waals surface area contributed by atoms with Crippen molar-refractivity contribution in [1.82, 2.24) is 9.97 Å². The van der Waals surface area contributed by atoms with E-state index in [0.29, 0.717) is 40.6 Å². The number of hydrogen-bond donors (Lipinski definition) is 2. The maximum Gasteiger partial charge on any atom is 0.326 e. The lowest BCUT2D eigenvalue weighted by Gasteiger charge is -2.22. The van der Waals surface area contributed by atoms with E-state index < -0.39 is 12.0 Å². The molecule has 0 spiro atoms. The number of anilines is 2. The summed E-state index contributed by atoms with van der Waals surface area (Å²) in [6, 6.07) is 12.1. The zero-order valence-electron chi connectivity index (χ0n) is 17.8. The highest BCUT2D eigenvalue weighted by atomic mass is 19.1. The molecule has 0 radical (unpaired) electrons. The van der Waals surface area contributed by atoms with Crippen LogP contribution in [0, 0.1) is 18.7 Å². The van der Waals surface area contributed by atoms with Crippen molar-refractivity contribution in [2.75, 3.05) is 16.8 Å². The number of benzene rings is 2. The first-order valence-electron chi connectivity index (χ1n) is 10.6. The maximum atomic E-state index is 13.1. The number of carbonyl (C=O) groups excluding carboxylic acids is 1. The van der Waals surface area contributed by atoms with Crippen molar-refractivity contribution in [3.8, 4) is 0 Å². The second-order valence-electron chi connectivity index (χ2n) is 8.24. The molecule has 1 aliphatic rings. The monoisotopic (exact) mass is 448 g/mol. The van der Waals surface area contributed by atoms with Crippen LogP contribution in [0.2, 0.25) is 0 Å². The molecule has 0 saturated carbocycles. The number of rotatable bonds is 5. The van der Waals surface area contributed by atoms with Crippen LogP contribution in [0.5, 0.6) is 0 Å². The second-order valence-corrected chi connectivity index (χ2v) is 8.24. The highest BCUT2D eigenvalue weighted by Gasteiger charge is 2.40. The van der Waals surface area contributed by atoms with Crippen molar-refractivity contribution in [2.45, 2.75) is 25.8 Å². The van der Waals surface area contributed by atoms with Crippen molar-refractivity contribution >= 4 is 45.5 Å². The highest BCUT2D eigenvalue weighted by molar-refractivity contribution is 6.06. The zero-order valence-corrected chi connectivity index (χ0v) is 17.8. The van der Waals surface area contributed by atoms with Crippen LogP contribution in [0.1, 0.15) is 18.7 Å². The van der Waals surface area contributed by atoms with Crippen molar-refractivity contribution in [1.29, 1.82) is 0 Å². The topological polar surface area (TPSA) is 109 Å². The summed E-state index contributed by atoms with van der Waals surface area (Å²) in [5.41, 5.74) is 2.20. The summed E-state index contributed by atoms with van der Waals surface area (Å²) < 4.78 is 19.1. The van der Waals surface area contributed by atoms with Crippen LogP contribution in [-0.2, 0) is 9.59 Å². The smallest absolute Gasteiger partial charge is 0.326 e. The van der Waals surface area contributed by atoms with Gasteiger partial charge >= 0.3 is 5.97 Å². The molecular formula is C24H21FN4O4. The Morgan fingerprint density at radius 1 is 1.18 bits per heavy atom. The van der Waals surface area contributed by atoms with Gasteiger partial charge in [0.1, 0.15) is 28.8 Å². The van der Waals surface area contributed by atoms with Crippen molar-refractivity contribution in [3.63, 3.8) is 0 Å². The Morgan fingerprint density at radius 3 is 2.70 bits per heavy atom. The zero-order chi connectivity index (χ0) is 23.1. The lowest BCUT2D eigenvalue weighted by atomic mass is 10.0. The number of carboxylic acid groups (broad SMARTS) is 1. The molecule has 0 unspecified atom stereocenters. The number of amides is 1. The first kappa shape index (κ1) is 20.9. The van der Waals surface area contributed by atoms with Crippen LogP contribution in [-0.4, -0.2) is 39.5 Å². The summed E-state index contributed by atoms with van der Waals surface area (Å²) in [6.07, 6.45) is 0.419. The van der Waals surface area contributed by atoms with Crippen LogP contribution >= 0.6 is 0 Å². The minimum absolute atomic E-state index is 0.130. The normalized spacial score (nSPS) is 18.2. The molecule has 4 aromatic rings. The number of nitrogens with one attached hydrogen (secondary N) is 1. The van der Waals surface area contributed by atoms with Crippen LogP contribution in [0.15, 0.2) is 52.9 Å². The van der Waals surface area contributed by atoms with E-state index in [-0.39, 0.29) is 30.5 Å². The number of aromatic nitrogens is 2. The summed E-state index contributed by atoms with van der Waals surface area (Å²) in [7, 11) is 0. The number of furan rings is 1. The third kappa shape index (κ3) is 3.97. The number of para-hydroxylation sites is 1. The Kier molecular flexibility index (Phi) is 5.16. The SMILES string of the molecule is Cc1nc(N2C[C@@H](CC(=O)Nc3ccc(F)cc3)C[C@H]2C(=O)O)c2oc3ccccc3c2n1. The van der Waals surface area contributed by atoms with E-state index in [2.05, 4.69) is 15.3 Å². The number of nitrogens with zero attached hydrogens (tertiary/aromatic N) is 3. The first-order valence-corrected chi connectivity index (χ1v) is 10.6. The van der Waals surface area contributed by atoms with Gasteiger partial charge in [-0.05, 0) is 55.7 Å². The fourth-order valence-electron chi connectivity index (χ4n) is 4.43. The molecular weight excluding hydrogens is 427 g/mol. The molecule has 8 nitrogen and oxygen atoms in total. The largest absolute Gasteiger partial charge is 0.480 e. The molecule has 0 bridgehead atoms. The first-order chi connectivity index (χ1) is 15.9. The molecule has 168 valence electrons. The number of carboxylic acids is 1. The van der Waals surface area contributed by atoms with Gasteiger partial charge in [-0.3, -0.25) is 4.79 Å². The number of carbonyl (C=O) groups is 2. The Labute approximate surface area is 188 Å². The van der Waals surface area contributed by atoms with E-state index in [1.165, 1.54) is 24.3 Å². The van der Waals surface area contributed by atoms with Crippen molar-refractivity contribution in [3.05, 3.63) is 60.2 Å². The molecule has 1 aliphatic heterocycles. The number of halogens is 1. The van der Waals surface area contributed by atoms with Crippen LogP contribution < -0.4 is 10.2 Å². The molecule has 2 N–H and O–H groups in total. The second kappa shape index (κ2) is 8.16. The van der Waals surface area contributed by atoms with Gasteiger partial charge in [-0.25, -0.2) is 19.2 Å². The van der Waals surface area contributed by atoms with Gasteiger partial charge in [-0.15, -0.1) is 0 Å². The molecule has 3 heterocycles.